The Morgan fingerprint density at radius 1 is 0.264 bits per heavy atom. The summed E-state index contributed by atoms with van der Waals surface area (Å²) >= 11 is 0. The van der Waals surface area contributed by atoms with E-state index >= 15 is 0 Å². The Labute approximate surface area is 419 Å². The quantitative estimate of drug-likeness (QED) is 0.137. The van der Waals surface area contributed by atoms with Crippen molar-refractivity contribution in [2.45, 2.75) is 0 Å². The van der Waals surface area contributed by atoms with Gasteiger partial charge in [-0.25, -0.2) is 9.97 Å². The second-order valence-electron chi connectivity index (χ2n) is 18.2. The number of benzene rings is 11. The van der Waals surface area contributed by atoms with Gasteiger partial charge in [0.15, 0.2) is 5.82 Å². The second-order valence-corrected chi connectivity index (χ2v) is 18.2. The molecule has 0 amide bonds. The van der Waals surface area contributed by atoms with Gasteiger partial charge in [-0.1, -0.05) is 194 Å². The van der Waals surface area contributed by atoms with Gasteiger partial charge in [-0.3, -0.25) is 0 Å². The van der Waals surface area contributed by atoms with E-state index in [-0.39, 0.29) is 0 Å². The standard InChI is InChI=1S/C68H46N4/c1-4-17-47(18-5-1)51-19-14-20-52(43-51)48-33-35-50(36-34-48)67-63-46-55(54-22-16-28-60(45-54)72-65-31-12-10-29-61(65)62-30-11-13-32-66(62)72)39-42-64(63)69-68(70-67)56-23-15-21-53(44-56)49-37-40-59(41-38-49)71(57-24-6-2-7-25-57)58-26-8-3-9-27-58/h1-46H. The molecule has 338 valence electrons. The van der Waals surface area contributed by atoms with Gasteiger partial charge in [-0.05, 0) is 129 Å². The first kappa shape index (κ1) is 42.5. The third-order valence-corrected chi connectivity index (χ3v) is 13.8. The van der Waals surface area contributed by atoms with Gasteiger partial charge in [0.1, 0.15) is 0 Å². The van der Waals surface area contributed by atoms with Crippen LogP contribution in [0.1, 0.15) is 0 Å². The van der Waals surface area contributed by atoms with Crippen molar-refractivity contribution in [2.75, 3.05) is 4.90 Å². The van der Waals surface area contributed by atoms with E-state index in [4.69, 9.17) is 9.97 Å². The van der Waals surface area contributed by atoms with Crippen molar-refractivity contribution < 1.29 is 0 Å². The Morgan fingerprint density at radius 3 is 1.29 bits per heavy atom. The lowest BCUT2D eigenvalue weighted by molar-refractivity contribution is 1.18. The molecular weight excluding hydrogens is 873 g/mol. The van der Waals surface area contributed by atoms with Crippen LogP contribution < -0.4 is 4.90 Å². The van der Waals surface area contributed by atoms with E-state index in [1.165, 1.54) is 38.5 Å². The molecule has 4 heteroatoms. The van der Waals surface area contributed by atoms with E-state index in [0.29, 0.717) is 5.82 Å². The molecule has 0 unspecified atom stereocenters. The summed E-state index contributed by atoms with van der Waals surface area (Å²) in [5.41, 5.74) is 19.7. The number of para-hydroxylation sites is 4. The minimum absolute atomic E-state index is 0.677. The Morgan fingerprint density at radius 2 is 0.681 bits per heavy atom. The molecule has 72 heavy (non-hydrogen) atoms. The highest BCUT2D eigenvalue weighted by Gasteiger charge is 2.17. The molecule has 4 nitrogen and oxygen atoms in total. The average molecular weight is 919 g/mol. The Hall–Kier alpha value is -9.64. The van der Waals surface area contributed by atoms with Crippen molar-refractivity contribution in [1.82, 2.24) is 14.5 Å². The van der Waals surface area contributed by atoms with Crippen LogP contribution in [0.15, 0.2) is 279 Å². The maximum atomic E-state index is 5.48. The summed E-state index contributed by atoms with van der Waals surface area (Å²) in [6, 6.07) is 99.4. The van der Waals surface area contributed by atoms with E-state index in [0.717, 1.165) is 78.3 Å². The number of anilines is 3. The van der Waals surface area contributed by atoms with Crippen LogP contribution in [0.3, 0.4) is 0 Å². The van der Waals surface area contributed by atoms with Crippen molar-refractivity contribution in [3.8, 4) is 72.8 Å². The fourth-order valence-corrected chi connectivity index (χ4v) is 10.3. The van der Waals surface area contributed by atoms with Crippen LogP contribution in [0.4, 0.5) is 17.1 Å². The van der Waals surface area contributed by atoms with Gasteiger partial charge in [-0.15, -0.1) is 0 Å². The van der Waals surface area contributed by atoms with E-state index in [1.807, 2.05) is 0 Å². The number of rotatable bonds is 10. The lowest BCUT2D eigenvalue weighted by Gasteiger charge is -2.25. The third-order valence-electron chi connectivity index (χ3n) is 13.8. The highest BCUT2D eigenvalue weighted by Crippen LogP contribution is 2.39. The molecule has 0 aliphatic heterocycles. The average Bonchev–Trinajstić information content (AvgIpc) is 3.80. The molecule has 0 saturated heterocycles. The first-order valence-corrected chi connectivity index (χ1v) is 24.5. The van der Waals surface area contributed by atoms with Gasteiger partial charge >= 0.3 is 0 Å². The van der Waals surface area contributed by atoms with Gasteiger partial charge in [-0.2, -0.15) is 0 Å². The molecule has 0 radical (unpaired) electrons. The van der Waals surface area contributed by atoms with Crippen molar-refractivity contribution >= 4 is 49.8 Å². The summed E-state index contributed by atoms with van der Waals surface area (Å²) in [4.78, 5) is 13.1. The first-order valence-electron chi connectivity index (χ1n) is 24.5. The van der Waals surface area contributed by atoms with Gasteiger partial charge in [0.25, 0.3) is 0 Å². The van der Waals surface area contributed by atoms with Crippen molar-refractivity contribution in [1.29, 1.82) is 0 Å². The molecule has 0 atom stereocenters. The molecule has 0 saturated carbocycles. The summed E-state index contributed by atoms with van der Waals surface area (Å²) in [5, 5.41) is 3.48. The molecule has 0 aliphatic rings. The van der Waals surface area contributed by atoms with Crippen LogP contribution >= 0.6 is 0 Å². The highest BCUT2D eigenvalue weighted by molar-refractivity contribution is 6.09. The SMILES string of the molecule is c1ccc(-c2cccc(-c3ccc(-c4nc(-c5cccc(-c6ccc(N(c7ccccc7)c7ccccc7)cc6)c5)nc5ccc(-c6cccc(-n7c8ccccc8c8ccccc87)c6)cc45)cc3)c2)cc1. The minimum atomic E-state index is 0.677. The predicted molar refractivity (Wildman–Crippen MR) is 301 cm³/mol. The lowest BCUT2D eigenvalue weighted by Crippen LogP contribution is -2.09. The topological polar surface area (TPSA) is 34.0 Å². The molecule has 2 heterocycles. The molecule has 2 aromatic heterocycles. The smallest absolute Gasteiger partial charge is 0.160 e. The van der Waals surface area contributed by atoms with E-state index in [9.17, 15) is 0 Å². The summed E-state index contributed by atoms with van der Waals surface area (Å²) in [7, 11) is 0. The number of nitrogens with zero attached hydrogens (tertiary/aromatic N) is 4. The second kappa shape index (κ2) is 18.4. The zero-order valence-corrected chi connectivity index (χ0v) is 39.3. The summed E-state index contributed by atoms with van der Waals surface area (Å²) in [6.07, 6.45) is 0. The van der Waals surface area contributed by atoms with Gasteiger partial charge in [0, 0.05) is 50.0 Å². The van der Waals surface area contributed by atoms with Gasteiger partial charge in [0.2, 0.25) is 0 Å². The predicted octanol–water partition coefficient (Wildman–Crippen LogP) is 18.2. The van der Waals surface area contributed by atoms with Crippen LogP contribution in [0, 0.1) is 0 Å². The molecule has 0 spiro atoms. The zero-order valence-electron chi connectivity index (χ0n) is 39.3. The summed E-state index contributed by atoms with van der Waals surface area (Å²) in [6.45, 7) is 0. The van der Waals surface area contributed by atoms with Crippen molar-refractivity contribution in [3.05, 3.63) is 279 Å². The summed E-state index contributed by atoms with van der Waals surface area (Å²) < 4.78 is 2.37. The molecular formula is C68H46N4. The van der Waals surface area contributed by atoms with E-state index < -0.39 is 0 Å². The molecule has 13 rings (SSSR count). The normalized spacial score (nSPS) is 11.3. The number of hydrogen-bond donors (Lipinski definition) is 0. The van der Waals surface area contributed by atoms with Gasteiger partial charge in [0.05, 0.1) is 22.2 Å². The Balaban J connectivity index is 0.899. The summed E-state index contributed by atoms with van der Waals surface area (Å²) in [5.74, 6) is 0.677. The molecule has 13 aromatic rings. The zero-order chi connectivity index (χ0) is 47.8. The Bertz CT molecular complexity index is 3980. The number of aromatic nitrogens is 3. The number of hydrogen-bond acceptors (Lipinski definition) is 3. The molecule has 0 bridgehead atoms. The fraction of sp³-hybridized carbons (Fsp3) is 0. The highest BCUT2D eigenvalue weighted by atomic mass is 15.1. The molecule has 0 fully saturated rings. The van der Waals surface area contributed by atoms with Crippen LogP contribution in [-0.4, -0.2) is 14.5 Å². The molecule has 0 N–H and O–H groups in total. The van der Waals surface area contributed by atoms with Crippen LogP contribution in [-0.2, 0) is 0 Å². The Kier molecular flexibility index (Phi) is 10.8. The molecule has 0 aliphatic carbocycles. The maximum Gasteiger partial charge on any atom is 0.160 e. The van der Waals surface area contributed by atoms with Crippen LogP contribution in [0.5, 0.6) is 0 Å². The van der Waals surface area contributed by atoms with Crippen molar-refractivity contribution in [3.63, 3.8) is 0 Å². The minimum Gasteiger partial charge on any atom is -0.311 e. The maximum absolute atomic E-state index is 5.48. The van der Waals surface area contributed by atoms with E-state index in [1.54, 1.807) is 0 Å². The van der Waals surface area contributed by atoms with Crippen LogP contribution in [0.25, 0.3) is 106 Å². The lowest BCUT2D eigenvalue weighted by atomic mass is 9.96. The first-order chi connectivity index (χ1) is 35.7. The van der Waals surface area contributed by atoms with E-state index in [2.05, 4.69) is 289 Å². The van der Waals surface area contributed by atoms with Crippen LogP contribution in [0.2, 0.25) is 0 Å². The third kappa shape index (κ3) is 7.97. The van der Waals surface area contributed by atoms with Crippen molar-refractivity contribution in [2.24, 2.45) is 0 Å². The largest absolute Gasteiger partial charge is 0.311 e. The monoisotopic (exact) mass is 918 g/mol. The molecule has 11 aromatic carbocycles. The van der Waals surface area contributed by atoms with Gasteiger partial charge < -0.3 is 9.47 Å². The fourth-order valence-electron chi connectivity index (χ4n) is 10.3. The number of fused-ring (bicyclic) bond motifs is 4.